The van der Waals surface area contributed by atoms with Crippen LogP contribution in [0.1, 0.15) is 26.3 Å². The highest BCUT2D eigenvalue weighted by atomic mass is 32.1. The molecule has 2 aromatic rings. The minimum atomic E-state index is -0.388. The van der Waals surface area contributed by atoms with Gasteiger partial charge in [-0.3, -0.25) is 14.9 Å². The molecule has 0 saturated heterocycles. The Morgan fingerprint density at radius 1 is 1.00 bits per heavy atom. The molecular weight excluding hydrogens is 298 g/mol. The SMILES string of the molecule is Cc1ccccc1NC(=S)Nc1ccc2c(c1)C(=O)NC2=O. The number of rotatable bonds is 2. The largest absolute Gasteiger partial charge is 0.332 e. The van der Waals surface area contributed by atoms with E-state index in [2.05, 4.69) is 16.0 Å². The predicted octanol–water partition coefficient (Wildman–Crippen LogP) is 2.69. The van der Waals surface area contributed by atoms with Crippen LogP contribution in [0, 0.1) is 6.92 Å². The highest BCUT2D eigenvalue weighted by Crippen LogP contribution is 2.21. The van der Waals surface area contributed by atoms with E-state index in [1.54, 1.807) is 18.2 Å². The molecule has 1 aliphatic rings. The minimum Gasteiger partial charge on any atom is -0.332 e. The van der Waals surface area contributed by atoms with E-state index in [1.165, 1.54) is 0 Å². The average molecular weight is 311 g/mol. The van der Waals surface area contributed by atoms with Crippen LogP contribution in [0.25, 0.3) is 0 Å². The molecule has 22 heavy (non-hydrogen) atoms. The molecule has 0 bridgehead atoms. The van der Waals surface area contributed by atoms with Crippen LogP contribution in [0.3, 0.4) is 0 Å². The van der Waals surface area contributed by atoms with E-state index in [9.17, 15) is 9.59 Å². The van der Waals surface area contributed by atoms with Crippen LogP contribution in [-0.2, 0) is 0 Å². The smallest absolute Gasteiger partial charge is 0.259 e. The van der Waals surface area contributed by atoms with Gasteiger partial charge in [-0.25, -0.2) is 0 Å². The third-order valence-corrected chi connectivity index (χ3v) is 3.59. The number of nitrogens with one attached hydrogen (secondary N) is 3. The second-order valence-corrected chi connectivity index (χ2v) is 5.35. The molecule has 1 aliphatic heterocycles. The van der Waals surface area contributed by atoms with Crippen molar-refractivity contribution in [2.45, 2.75) is 6.92 Å². The number of fused-ring (bicyclic) bond motifs is 1. The van der Waals surface area contributed by atoms with Gasteiger partial charge in [-0.05, 0) is 49.0 Å². The van der Waals surface area contributed by atoms with Crippen molar-refractivity contribution in [1.29, 1.82) is 0 Å². The molecule has 1 heterocycles. The number of amides is 2. The Bertz CT molecular complexity index is 802. The number of para-hydroxylation sites is 1. The van der Waals surface area contributed by atoms with E-state index in [0.29, 0.717) is 21.9 Å². The van der Waals surface area contributed by atoms with Gasteiger partial charge in [-0.1, -0.05) is 18.2 Å². The normalized spacial score (nSPS) is 12.6. The van der Waals surface area contributed by atoms with Crippen molar-refractivity contribution in [1.82, 2.24) is 5.32 Å². The standard InChI is InChI=1S/C16H13N3O2S/c1-9-4-2-3-5-13(9)18-16(22)17-10-6-7-11-12(8-10)15(21)19-14(11)20/h2-8H,1H3,(H2,17,18,22)(H,19,20,21). The van der Waals surface area contributed by atoms with E-state index in [4.69, 9.17) is 12.2 Å². The van der Waals surface area contributed by atoms with E-state index in [0.717, 1.165) is 11.3 Å². The maximum absolute atomic E-state index is 11.6. The average Bonchev–Trinajstić information content (AvgIpc) is 2.76. The van der Waals surface area contributed by atoms with Gasteiger partial charge in [0, 0.05) is 11.4 Å². The number of imide groups is 1. The van der Waals surface area contributed by atoms with Gasteiger partial charge in [0.15, 0.2) is 5.11 Å². The Morgan fingerprint density at radius 3 is 2.50 bits per heavy atom. The van der Waals surface area contributed by atoms with Gasteiger partial charge in [0.05, 0.1) is 11.1 Å². The highest BCUT2D eigenvalue weighted by Gasteiger charge is 2.26. The van der Waals surface area contributed by atoms with Gasteiger partial charge in [-0.2, -0.15) is 0 Å². The van der Waals surface area contributed by atoms with Crippen molar-refractivity contribution in [3.63, 3.8) is 0 Å². The number of benzene rings is 2. The van der Waals surface area contributed by atoms with Gasteiger partial charge >= 0.3 is 0 Å². The zero-order valence-electron chi connectivity index (χ0n) is 11.8. The molecule has 0 saturated carbocycles. The Labute approximate surface area is 132 Å². The Morgan fingerprint density at radius 2 is 1.73 bits per heavy atom. The van der Waals surface area contributed by atoms with Crippen LogP contribution >= 0.6 is 12.2 Å². The Balaban J connectivity index is 1.75. The molecule has 0 spiro atoms. The zero-order valence-corrected chi connectivity index (χ0v) is 12.6. The van der Waals surface area contributed by atoms with E-state index >= 15 is 0 Å². The molecule has 0 fully saturated rings. The lowest BCUT2D eigenvalue weighted by molar-refractivity contribution is 0.0879. The second-order valence-electron chi connectivity index (χ2n) is 4.94. The molecule has 110 valence electrons. The van der Waals surface area contributed by atoms with E-state index < -0.39 is 0 Å². The van der Waals surface area contributed by atoms with Crippen LogP contribution in [-0.4, -0.2) is 16.9 Å². The van der Waals surface area contributed by atoms with Gasteiger partial charge in [0.2, 0.25) is 0 Å². The summed E-state index contributed by atoms with van der Waals surface area (Å²) in [4.78, 5) is 23.1. The molecule has 5 nitrogen and oxygen atoms in total. The summed E-state index contributed by atoms with van der Waals surface area (Å²) in [6.45, 7) is 1.98. The number of carbonyl (C=O) groups is 2. The number of hydrogen-bond acceptors (Lipinski definition) is 3. The third kappa shape index (κ3) is 2.68. The number of anilines is 2. The lowest BCUT2D eigenvalue weighted by Gasteiger charge is -2.12. The molecule has 3 rings (SSSR count). The van der Waals surface area contributed by atoms with Crippen molar-refractivity contribution >= 4 is 40.5 Å². The fraction of sp³-hybridized carbons (Fsp3) is 0.0625. The first-order valence-electron chi connectivity index (χ1n) is 6.68. The molecule has 2 aromatic carbocycles. The minimum absolute atomic E-state index is 0.355. The predicted molar refractivity (Wildman–Crippen MR) is 89.3 cm³/mol. The van der Waals surface area contributed by atoms with E-state index in [-0.39, 0.29) is 11.8 Å². The molecule has 6 heteroatoms. The lowest BCUT2D eigenvalue weighted by Crippen LogP contribution is -2.20. The van der Waals surface area contributed by atoms with Crippen LogP contribution in [0.5, 0.6) is 0 Å². The first kappa shape index (κ1) is 14.2. The number of thiocarbonyl (C=S) groups is 1. The summed E-state index contributed by atoms with van der Waals surface area (Å²) in [5, 5.41) is 8.78. The topological polar surface area (TPSA) is 70.2 Å². The Kier molecular flexibility index (Phi) is 3.60. The quantitative estimate of drug-likeness (QED) is 0.587. The summed E-state index contributed by atoms with van der Waals surface area (Å²) >= 11 is 5.27. The Hall–Kier alpha value is -2.73. The van der Waals surface area contributed by atoms with Crippen molar-refractivity contribution in [2.75, 3.05) is 10.6 Å². The number of carbonyl (C=O) groups excluding carboxylic acids is 2. The summed E-state index contributed by atoms with van der Waals surface area (Å²) in [5.41, 5.74) is 3.37. The van der Waals surface area contributed by atoms with E-state index in [1.807, 2.05) is 31.2 Å². The van der Waals surface area contributed by atoms with Crippen molar-refractivity contribution in [2.24, 2.45) is 0 Å². The molecule has 0 radical (unpaired) electrons. The lowest BCUT2D eigenvalue weighted by atomic mass is 10.1. The highest BCUT2D eigenvalue weighted by molar-refractivity contribution is 7.80. The van der Waals surface area contributed by atoms with Gasteiger partial charge in [0.25, 0.3) is 11.8 Å². The number of aryl methyl sites for hydroxylation is 1. The van der Waals surface area contributed by atoms with Gasteiger partial charge in [-0.15, -0.1) is 0 Å². The molecule has 0 aliphatic carbocycles. The summed E-state index contributed by atoms with van der Waals surface area (Å²) in [6, 6.07) is 12.7. The molecule has 0 unspecified atom stereocenters. The second kappa shape index (κ2) is 5.57. The maximum Gasteiger partial charge on any atom is 0.259 e. The molecule has 0 atom stereocenters. The van der Waals surface area contributed by atoms with Crippen LogP contribution < -0.4 is 16.0 Å². The molecule has 3 N–H and O–H groups in total. The maximum atomic E-state index is 11.6. The van der Waals surface area contributed by atoms with Crippen molar-refractivity contribution < 1.29 is 9.59 Å². The molecule has 0 aromatic heterocycles. The summed E-state index contributed by atoms with van der Waals surface area (Å²) < 4.78 is 0. The third-order valence-electron chi connectivity index (χ3n) is 3.39. The van der Waals surface area contributed by atoms with Gasteiger partial charge < -0.3 is 10.6 Å². The van der Waals surface area contributed by atoms with Gasteiger partial charge in [0.1, 0.15) is 0 Å². The van der Waals surface area contributed by atoms with Crippen LogP contribution in [0.15, 0.2) is 42.5 Å². The first-order chi connectivity index (χ1) is 10.5. The molecule has 2 amide bonds. The fourth-order valence-electron chi connectivity index (χ4n) is 2.24. The number of hydrogen-bond donors (Lipinski definition) is 3. The van der Waals surface area contributed by atoms with Crippen LogP contribution in [0.4, 0.5) is 11.4 Å². The summed E-state index contributed by atoms with van der Waals surface area (Å²) in [5.74, 6) is -0.756. The van der Waals surface area contributed by atoms with Crippen LogP contribution in [0.2, 0.25) is 0 Å². The summed E-state index contributed by atoms with van der Waals surface area (Å²) in [7, 11) is 0. The summed E-state index contributed by atoms with van der Waals surface area (Å²) in [6.07, 6.45) is 0. The van der Waals surface area contributed by atoms with Crippen molar-refractivity contribution in [3.05, 3.63) is 59.2 Å². The zero-order chi connectivity index (χ0) is 15.7. The molecular formula is C16H13N3O2S. The monoisotopic (exact) mass is 311 g/mol. The van der Waals surface area contributed by atoms with Crippen molar-refractivity contribution in [3.8, 4) is 0 Å². The first-order valence-corrected chi connectivity index (χ1v) is 7.09. The fourth-order valence-corrected chi connectivity index (χ4v) is 2.47.